The minimum atomic E-state index is -2.61. The van der Waals surface area contributed by atoms with Crippen LogP contribution in [0.5, 0.6) is 11.5 Å². The van der Waals surface area contributed by atoms with Crippen molar-refractivity contribution in [2.24, 2.45) is 0 Å². The molecule has 0 aliphatic carbocycles. The maximum atomic E-state index is 12.3. The Morgan fingerprint density at radius 3 is 1.45 bits per heavy atom. The van der Waals surface area contributed by atoms with Gasteiger partial charge in [-0.2, -0.15) is 0 Å². The van der Waals surface area contributed by atoms with Gasteiger partial charge >= 0.3 is 0 Å². The van der Waals surface area contributed by atoms with E-state index in [9.17, 15) is 9.13 Å². The molecule has 1 aromatic rings. The number of hydrogen-bond acceptors (Lipinski definition) is 4. The molecule has 0 radical (unpaired) electrons. The van der Waals surface area contributed by atoms with Gasteiger partial charge < -0.3 is 9.05 Å². The zero-order valence-corrected chi connectivity index (χ0v) is 14.5. The van der Waals surface area contributed by atoms with Gasteiger partial charge in [-0.25, -0.2) is 0 Å². The molecule has 6 heteroatoms. The Bertz CT molecular complexity index is 468. The summed E-state index contributed by atoms with van der Waals surface area (Å²) in [6, 6.07) is 6.91. The molecule has 4 nitrogen and oxygen atoms in total. The van der Waals surface area contributed by atoms with E-state index in [1.165, 1.54) is 0 Å². The Hall–Kier alpha value is -0.720. The fraction of sp³-hybridized carbons (Fsp3) is 0.571. The van der Waals surface area contributed by atoms with E-state index in [2.05, 4.69) is 0 Å². The Kier molecular flexibility index (Phi) is 6.36. The van der Waals surface area contributed by atoms with Crippen molar-refractivity contribution in [1.29, 1.82) is 0 Å². The Labute approximate surface area is 121 Å². The summed E-state index contributed by atoms with van der Waals surface area (Å²) in [5, 5.41) is 0. The molecule has 20 heavy (non-hydrogen) atoms. The molecule has 0 unspecified atom stereocenters. The summed E-state index contributed by atoms with van der Waals surface area (Å²) in [7, 11) is -5.23. The lowest BCUT2D eigenvalue weighted by atomic mass is 10.3. The maximum absolute atomic E-state index is 12.3. The third-order valence-corrected chi connectivity index (χ3v) is 8.22. The molecule has 0 saturated carbocycles. The molecular formula is C14H24O4P2. The molecule has 114 valence electrons. The molecular weight excluding hydrogens is 294 g/mol. The molecule has 0 atom stereocenters. The molecule has 0 aromatic heterocycles. The topological polar surface area (TPSA) is 52.6 Å². The van der Waals surface area contributed by atoms with Crippen molar-refractivity contribution in [3.05, 3.63) is 24.3 Å². The summed E-state index contributed by atoms with van der Waals surface area (Å²) in [5.41, 5.74) is 0. The van der Waals surface area contributed by atoms with Gasteiger partial charge in [0.2, 0.25) is 14.7 Å². The van der Waals surface area contributed by atoms with Crippen molar-refractivity contribution >= 4 is 14.7 Å². The fourth-order valence-corrected chi connectivity index (χ4v) is 4.08. The molecule has 0 heterocycles. The van der Waals surface area contributed by atoms with Crippen LogP contribution in [-0.2, 0) is 9.13 Å². The van der Waals surface area contributed by atoms with E-state index in [4.69, 9.17) is 9.05 Å². The van der Waals surface area contributed by atoms with Gasteiger partial charge in [0.15, 0.2) is 0 Å². The smallest absolute Gasteiger partial charge is 0.247 e. The molecule has 0 amide bonds. The van der Waals surface area contributed by atoms with Gasteiger partial charge in [-0.05, 0) is 12.1 Å². The van der Waals surface area contributed by atoms with Crippen molar-refractivity contribution in [2.45, 2.75) is 27.7 Å². The summed E-state index contributed by atoms with van der Waals surface area (Å²) in [5.74, 6) is 1.02. The SMILES string of the molecule is CCP(=O)(CC)Oc1cccc(OP(=O)(CC)CC)c1. The van der Waals surface area contributed by atoms with Gasteiger partial charge in [0.25, 0.3) is 0 Å². The number of hydrogen-bond donors (Lipinski definition) is 0. The second-order valence-corrected chi connectivity index (χ2v) is 10.7. The second kappa shape index (κ2) is 7.33. The average molecular weight is 318 g/mol. The predicted molar refractivity (Wildman–Crippen MR) is 85.1 cm³/mol. The van der Waals surface area contributed by atoms with Crippen LogP contribution in [0.1, 0.15) is 27.7 Å². The van der Waals surface area contributed by atoms with Gasteiger partial charge in [-0.1, -0.05) is 33.8 Å². The highest BCUT2D eigenvalue weighted by molar-refractivity contribution is 7.59. The lowest BCUT2D eigenvalue weighted by Gasteiger charge is -2.19. The number of rotatable bonds is 8. The largest absolute Gasteiger partial charge is 0.443 e. The van der Waals surface area contributed by atoms with Crippen molar-refractivity contribution in [3.63, 3.8) is 0 Å². The highest BCUT2D eigenvalue weighted by Gasteiger charge is 2.21. The molecule has 0 saturated heterocycles. The van der Waals surface area contributed by atoms with Gasteiger partial charge in [0.1, 0.15) is 11.5 Å². The second-order valence-electron chi connectivity index (χ2n) is 4.55. The van der Waals surface area contributed by atoms with Crippen molar-refractivity contribution in [3.8, 4) is 11.5 Å². The van der Waals surface area contributed by atoms with Gasteiger partial charge in [0, 0.05) is 30.7 Å². The van der Waals surface area contributed by atoms with Crippen LogP contribution in [0.4, 0.5) is 0 Å². The van der Waals surface area contributed by atoms with Crippen LogP contribution in [0.3, 0.4) is 0 Å². The zero-order chi connectivity index (χ0) is 15.2. The van der Waals surface area contributed by atoms with Crippen LogP contribution in [-0.4, -0.2) is 24.6 Å². The normalized spacial score (nSPS) is 12.2. The van der Waals surface area contributed by atoms with E-state index in [1.807, 2.05) is 27.7 Å². The van der Waals surface area contributed by atoms with Crippen molar-refractivity contribution < 1.29 is 18.2 Å². The monoisotopic (exact) mass is 318 g/mol. The standard InChI is InChI=1S/C14H24O4P2/c1-5-19(15,6-2)17-13-10-9-11-14(12-13)18-20(16,7-3)8-4/h9-12H,5-8H2,1-4H3. The summed E-state index contributed by atoms with van der Waals surface area (Å²) >= 11 is 0. The first-order valence-corrected chi connectivity index (χ1v) is 11.0. The molecule has 1 aromatic carbocycles. The first-order chi connectivity index (χ1) is 9.40. The summed E-state index contributed by atoms with van der Waals surface area (Å²) < 4.78 is 35.8. The van der Waals surface area contributed by atoms with E-state index < -0.39 is 14.7 Å². The van der Waals surface area contributed by atoms with Crippen LogP contribution in [0.15, 0.2) is 24.3 Å². The maximum Gasteiger partial charge on any atom is 0.247 e. The van der Waals surface area contributed by atoms with Gasteiger partial charge in [-0.3, -0.25) is 9.13 Å². The quantitative estimate of drug-likeness (QED) is 0.627. The van der Waals surface area contributed by atoms with Crippen LogP contribution in [0.2, 0.25) is 0 Å². The summed E-state index contributed by atoms with van der Waals surface area (Å²) in [6.07, 6.45) is 1.99. The minimum absolute atomic E-state index is 0.497. The number of benzene rings is 1. The summed E-state index contributed by atoms with van der Waals surface area (Å²) in [6.45, 7) is 7.42. The Morgan fingerprint density at radius 2 is 1.15 bits per heavy atom. The highest BCUT2D eigenvalue weighted by atomic mass is 31.2. The van der Waals surface area contributed by atoms with Crippen LogP contribution in [0.25, 0.3) is 0 Å². The lowest BCUT2D eigenvalue weighted by molar-refractivity contribution is 0.474. The first kappa shape index (κ1) is 17.3. The molecule has 0 aliphatic rings. The lowest BCUT2D eigenvalue weighted by Crippen LogP contribution is -2.00. The molecule has 0 bridgehead atoms. The van der Waals surface area contributed by atoms with E-state index in [0.717, 1.165) is 0 Å². The molecule has 0 spiro atoms. The van der Waals surface area contributed by atoms with E-state index in [0.29, 0.717) is 36.1 Å². The van der Waals surface area contributed by atoms with Crippen LogP contribution < -0.4 is 9.05 Å². The van der Waals surface area contributed by atoms with Crippen molar-refractivity contribution in [2.75, 3.05) is 24.6 Å². The fourth-order valence-electron chi connectivity index (χ4n) is 1.68. The Morgan fingerprint density at radius 1 is 0.800 bits per heavy atom. The third-order valence-electron chi connectivity index (χ3n) is 3.28. The van der Waals surface area contributed by atoms with Crippen LogP contribution in [0, 0.1) is 0 Å². The molecule has 0 N–H and O–H groups in total. The molecule has 0 fully saturated rings. The molecule has 0 aliphatic heterocycles. The van der Waals surface area contributed by atoms with E-state index >= 15 is 0 Å². The van der Waals surface area contributed by atoms with Gasteiger partial charge in [0.05, 0.1) is 0 Å². The van der Waals surface area contributed by atoms with E-state index in [1.54, 1.807) is 24.3 Å². The Balaban J connectivity index is 2.92. The predicted octanol–water partition coefficient (Wildman–Crippen LogP) is 5.08. The van der Waals surface area contributed by atoms with E-state index in [-0.39, 0.29) is 0 Å². The third kappa shape index (κ3) is 4.68. The minimum Gasteiger partial charge on any atom is -0.443 e. The molecule has 1 rings (SSSR count). The zero-order valence-electron chi connectivity index (χ0n) is 12.7. The van der Waals surface area contributed by atoms with Gasteiger partial charge in [-0.15, -0.1) is 0 Å². The highest BCUT2D eigenvalue weighted by Crippen LogP contribution is 2.49. The first-order valence-electron chi connectivity index (χ1n) is 7.05. The summed E-state index contributed by atoms with van der Waals surface area (Å²) in [4.78, 5) is 0. The van der Waals surface area contributed by atoms with Crippen molar-refractivity contribution in [1.82, 2.24) is 0 Å². The van der Waals surface area contributed by atoms with Crippen LogP contribution >= 0.6 is 14.7 Å². The average Bonchev–Trinajstić information content (AvgIpc) is 2.47.